The van der Waals surface area contributed by atoms with Crippen molar-refractivity contribution in [3.05, 3.63) is 69.7 Å². The van der Waals surface area contributed by atoms with Crippen molar-refractivity contribution in [2.45, 2.75) is 39.7 Å². The van der Waals surface area contributed by atoms with Crippen LogP contribution in [0.3, 0.4) is 0 Å². The Morgan fingerprint density at radius 1 is 1.16 bits per heavy atom. The molecule has 0 saturated carbocycles. The molecule has 0 spiro atoms. The first-order chi connectivity index (χ1) is 15.3. The average Bonchev–Trinajstić information content (AvgIpc) is 2.75. The standard InChI is InChI=1S/C27H26BrNO3/c1-4-32-22-12-16(11-19(28)26(22)31)25-24-18(13-27(2,3)14-21(24)30)23-17-8-6-5-7-15(17)9-10-20(23)29-25/h5-12,25,29,31H,4,13-14H2,1-3H3/t25-/m0/s1. The van der Waals surface area contributed by atoms with E-state index in [9.17, 15) is 9.90 Å². The van der Waals surface area contributed by atoms with E-state index >= 15 is 0 Å². The lowest BCUT2D eigenvalue weighted by atomic mass is 9.68. The quantitative estimate of drug-likeness (QED) is 0.413. The third-order valence-electron chi connectivity index (χ3n) is 6.42. The molecule has 2 aliphatic rings. The zero-order valence-electron chi connectivity index (χ0n) is 18.5. The predicted octanol–water partition coefficient (Wildman–Crippen LogP) is 7.02. The lowest BCUT2D eigenvalue weighted by Crippen LogP contribution is -2.33. The summed E-state index contributed by atoms with van der Waals surface area (Å²) in [5.41, 5.74) is 4.91. The molecule has 0 radical (unpaired) electrons. The van der Waals surface area contributed by atoms with E-state index < -0.39 is 0 Å². The minimum absolute atomic E-state index is 0.0723. The normalized spacial score (nSPS) is 19.4. The number of hydrogen-bond donors (Lipinski definition) is 2. The highest BCUT2D eigenvalue weighted by atomic mass is 79.9. The number of halogens is 1. The van der Waals surface area contributed by atoms with Gasteiger partial charge in [0, 0.05) is 23.2 Å². The number of ketones is 1. The summed E-state index contributed by atoms with van der Waals surface area (Å²) < 4.78 is 6.21. The number of Topliss-reactive ketones (excluding diaryl/α,β-unsaturated/α-hetero) is 1. The predicted molar refractivity (Wildman–Crippen MR) is 132 cm³/mol. The van der Waals surface area contributed by atoms with Gasteiger partial charge >= 0.3 is 0 Å². The Bertz CT molecular complexity index is 1290. The molecule has 3 aromatic rings. The SMILES string of the molecule is CCOc1cc([C@@H]2Nc3ccc4ccccc4c3C3=C2C(=O)CC(C)(C)C3)cc(Br)c1O. The Labute approximate surface area is 196 Å². The second kappa shape index (κ2) is 7.66. The number of carbonyl (C=O) groups excluding carboxylic acids is 1. The summed E-state index contributed by atoms with van der Waals surface area (Å²) in [6.07, 6.45) is 1.35. The minimum atomic E-state index is -0.307. The molecule has 1 aliphatic carbocycles. The highest BCUT2D eigenvalue weighted by Crippen LogP contribution is 2.52. The number of ether oxygens (including phenoxy) is 1. The third kappa shape index (κ3) is 3.39. The first-order valence-corrected chi connectivity index (χ1v) is 11.8. The summed E-state index contributed by atoms with van der Waals surface area (Å²) >= 11 is 3.46. The number of phenols is 1. The number of nitrogens with one attached hydrogen (secondary N) is 1. The highest BCUT2D eigenvalue weighted by Gasteiger charge is 2.41. The molecule has 3 aromatic carbocycles. The largest absolute Gasteiger partial charge is 0.503 e. The van der Waals surface area contributed by atoms with Crippen LogP contribution < -0.4 is 10.1 Å². The maximum Gasteiger partial charge on any atom is 0.172 e. The van der Waals surface area contributed by atoms with Crippen LogP contribution in [0.1, 0.15) is 50.8 Å². The molecular weight excluding hydrogens is 466 g/mol. The zero-order valence-corrected chi connectivity index (χ0v) is 20.0. The Hall–Kier alpha value is -2.79. The number of carbonyl (C=O) groups is 1. The number of rotatable bonds is 3. The molecule has 32 heavy (non-hydrogen) atoms. The maximum absolute atomic E-state index is 13.5. The molecule has 0 bridgehead atoms. The van der Waals surface area contributed by atoms with Gasteiger partial charge in [-0.05, 0) is 74.8 Å². The first kappa shape index (κ1) is 21.1. The molecule has 1 heterocycles. The lowest BCUT2D eigenvalue weighted by Gasteiger charge is -2.40. The van der Waals surface area contributed by atoms with Crippen molar-refractivity contribution in [2.75, 3.05) is 11.9 Å². The molecule has 1 atom stereocenters. The van der Waals surface area contributed by atoms with Gasteiger partial charge in [0.1, 0.15) is 0 Å². The Morgan fingerprint density at radius 2 is 1.94 bits per heavy atom. The van der Waals surface area contributed by atoms with Gasteiger partial charge in [-0.2, -0.15) is 0 Å². The second-order valence-electron chi connectivity index (χ2n) is 9.40. The fourth-order valence-electron chi connectivity index (χ4n) is 5.11. The number of benzene rings is 3. The van der Waals surface area contributed by atoms with E-state index in [2.05, 4.69) is 65.4 Å². The van der Waals surface area contributed by atoms with Gasteiger partial charge in [0.2, 0.25) is 0 Å². The zero-order chi connectivity index (χ0) is 22.6. The van der Waals surface area contributed by atoms with Crippen LogP contribution in [0.5, 0.6) is 11.5 Å². The van der Waals surface area contributed by atoms with Crippen LogP contribution in [0.2, 0.25) is 0 Å². The minimum Gasteiger partial charge on any atom is -0.503 e. The maximum atomic E-state index is 13.5. The van der Waals surface area contributed by atoms with Gasteiger partial charge in [-0.3, -0.25) is 4.79 Å². The van der Waals surface area contributed by atoms with Crippen molar-refractivity contribution >= 4 is 43.7 Å². The van der Waals surface area contributed by atoms with Gasteiger partial charge in [0.15, 0.2) is 17.3 Å². The number of fused-ring (bicyclic) bond motifs is 4. The summed E-state index contributed by atoms with van der Waals surface area (Å²) in [4.78, 5) is 13.5. The summed E-state index contributed by atoms with van der Waals surface area (Å²) in [5.74, 6) is 0.659. The average molecular weight is 492 g/mol. The molecule has 5 heteroatoms. The summed E-state index contributed by atoms with van der Waals surface area (Å²) in [7, 11) is 0. The molecule has 0 fully saturated rings. The van der Waals surface area contributed by atoms with Crippen LogP contribution in [0.25, 0.3) is 16.3 Å². The molecule has 164 valence electrons. The van der Waals surface area contributed by atoms with Crippen LogP contribution in [-0.2, 0) is 4.79 Å². The molecule has 0 saturated heterocycles. The van der Waals surface area contributed by atoms with Crippen molar-refractivity contribution in [2.24, 2.45) is 5.41 Å². The van der Waals surface area contributed by atoms with Crippen LogP contribution in [-0.4, -0.2) is 17.5 Å². The van der Waals surface area contributed by atoms with E-state index in [1.807, 2.05) is 25.1 Å². The topological polar surface area (TPSA) is 58.6 Å². The molecule has 4 nitrogen and oxygen atoms in total. The van der Waals surface area contributed by atoms with Gasteiger partial charge in [-0.1, -0.05) is 44.2 Å². The second-order valence-corrected chi connectivity index (χ2v) is 10.3. The number of hydrogen-bond acceptors (Lipinski definition) is 4. The molecule has 2 N–H and O–H groups in total. The molecule has 0 aromatic heterocycles. The lowest BCUT2D eigenvalue weighted by molar-refractivity contribution is -0.118. The van der Waals surface area contributed by atoms with E-state index in [0.29, 0.717) is 23.2 Å². The molecule has 0 unspecified atom stereocenters. The van der Waals surface area contributed by atoms with Crippen molar-refractivity contribution in [3.63, 3.8) is 0 Å². The number of anilines is 1. The smallest absolute Gasteiger partial charge is 0.172 e. The van der Waals surface area contributed by atoms with Gasteiger partial charge in [0.25, 0.3) is 0 Å². The van der Waals surface area contributed by atoms with Gasteiger partial charge in [-0.25, -0.2) is 0 Å². The summed E-state index contributed by atoms with van der Waals surface area (Å²) in [5, 5.41) is 16.4. The molecule has 0 amide bonds. The Balaban J connectivity index is 1.77. The number of aromatic hydroxyl groups is 1. The van der Waals surface area contributed by atoms with Crippen molar-refractivity contribution in [1.29, 1.82) is 0 Å². The van der Waals surface area contributed by atoms with E-state index in [4.69, 9.17) is 4.74 Å². The molecule has 5 rings (SSSR count). The van der Waals surface area contributed by atoms with E-state index in [-0.39, 0.29) is 23.0 Å². The van der Waals surface area contributed by atoms with E-state index in [1.165, 1.54) is 5.39 Å². The summed E-state index contributed by atoms with van der Waals surface area (Å²) in [6.45, 7) is 6.66. The summed E-state index contributed by atoms with van der Waals surface area (Å²) in [6, 6.07) is 16.0. The van der Waals surface area contributed by atoms with Crippen molar-refractivity contribution in [1.82, 2.24) is 0 Å². The monoisotopic (exact) mass is 491 g/mol. The van der Waals surface area contributed by atoms with Gasteiger partial charge in [0.05, 0.1) is 17.1 Å². The van der Waals surface area contributed by atoms with E-state index in [0.717, 1.165) is 39.8 Å². The van der Waals surface area contributed by atoms with Crippen LogP contribution in [0.4, 0.5) is 5.69 Å². The molecular formula is C27H26BrNO3. The first-order valence-electron chi connectivity index (χ1n) is 11.0. The Kier molecular flexibility index (Phi) is 5.05. The number of allylic oxidation sites excluding steroid dienone is 1. The Morgan fingerprint density at radius 3 is 2.72 bits per heavy atom. The van der Waals surface area contributed by atoms with E-state index in [1.54, 1.807) is 0 Å². The molecule has 1 aliphatic heterocycles. The number of phenolic OH excluding ortho intramolecular Hbond substituents is 1. The fraction of sp³-hybridized carbons (Fsp3) is 0.296. The third-order valence-corrected chi connectivity index (χ3v) is 7.03. The fourth-order valence-corrected chi connectivity index (χ4v) is 5.57. The van der Waals surface area contributed by atoms with Gasteiger partial charge in [-0.15, -0.1) is 0 Å². The van der Waals surface area contributed by atoms with Crippen molar-refractivity contribution in [3.8, 4) is 11.5 Å². The van der Waals surface area contributed by atoms with Gasteiger partial charge < -0.3 is 15.2 Å². The van der Waals surface area contributed by atoms with Crippen LogP contribution >= 0.6 is 15.9 Å². The van der Waals surface area contributed by atoms with Crippen molar-refractivity contribution < 1.29 is 14.6 Å². The van der Waals surface area contributed by atoms with Crippen LogP contribution in [0.15, 0.2) is 58.6 Å². The highest BCUT2D eigenvalue weighted by molar-refractivity contribution is 9.10. The van der Waals surface area contributed by atoms with Crippen LogP contribution in [0, 0.1) is 5.41 Å².